The van der Waals surface area contributed by atoms with E-state index in [-0.39, 0.29) is 23.7 Å². The summed E-state index contributed by atoms with van der Waals surface area (Å²) in [4.78, 5) is 0. The number of thioether (sulfide) groups is 2. The Morgan fingerprint density at radius 2 is 1.90 bits per heavy atom. The summed E-state index contributed by atoms with van der Waals surface area (Å²) in [5.74, 6) is 2.64. The lowest BCUT2D eigenvalue weighted by Crippen LogP contribution is -2.48. The first-order valence-corrected chi connectivity index (χ1v) is 12.4. The normalized spacial score (nSPS) is 21.5. The van der Waals surface area contributed by atoms with Crippen LogP contribution < -0.4 is 0 Å². The Kier molecular flexibility index (Phi) is 7.19. The fraction of sp³-hybridized carbons (Fsp3) is 0.867. The number of aliphatic hydroxyl groups is 1. The molecule has 0 aromatic carbocycles. The molecule has 1 aliphatic heterocycles. The lowest BCUT2D eigenvalue weighted by molar-refractivity contribution is 0.0762. The zero-order chi connectivity index (χ0) is 15.4. The third-order valence-electron chi connectivity index (χ3n) is 4.30. The highest BCUT2D eigenvalue weighted by Gasteiger charge is 2.41. The molecular formula is C15H30O2S2Si. The minimum absolute atomic E-state index is 0.0841. The molecule has 0 bridgehead atoms. The van der Waals surface area contributed by atoms with Gasteiger partial charge in [0.1, 0.15) is 0 Å². The number of rotatable bonds is 6. The third-order valence-corrected chi connectivity index (χ3v) is 12.0. The van der Waals surface area contributed by atoms with Gasteiger partial charge in [-0.25, -0.2) is 0 Å². The van der Waals surface area contributed by atoms with Crippen LogP contribution in [0.2, 0.25) is 18.1 Å². The quantitative estimate of drug-likeness (QED) is 0.577. The summed E-state index contributed by atoms with van der Waals surface area (Å²) in [6.07, 6.45) is 3.16. The topological polar surface area (TPSA) is 29.5 Å². The molecule has 0 aliphatic carbocycles. The van der Waals surface area contributed by atoms with Crippen LogP contribution in [0.3, 0.4) is 0 Å². The fourth-order valence-corrected chi connectivity index (χ4v) is 6.55. The highest BCUT2D eigenvalue weighted by Crippen LogP contribution is 2.42. The maximum Gasteiger partial charge on any atom is 0.192 e. The van der Waals surface area contributed by atoms with Gasteiger partial charge in [-0.15, -0.1) is 30.1 Å². The van der Waals surface area contributed by atoms with Crippen molar-refractivity contribution < 1.29 is 9.53 Å². The predicted octanol–water partition coefficient (Wildman–Crippen LogP) is 4.37. The lowest BCUT2D eigenvalue weighted by Gasteiger charge is -2.42. The second-order valence-electron chi connectivity index (χ2n) is 6.88. The molecule has 1 heterocycles. The zero-order valence-corrected chi connectivity index (χ0v) is 16.1. The molecule has 0 spiro atoms. The van der Waals surface area contributed by atoms with Crippen molar-refractivity contribution in [3.63, 3.8) is 0 Å². The van der Waals surface area contributed by atoms with E-state index < -0.39 is 8.32 Å². The predicted molar refractivity (Wildman–Crippen MR) is 96.2 cm³/mol. The molecule has 20 heavy (non-hydrogen) atoms. The second kappa shape index (κ2) is 7.72. The van der Waals surface area contributed by atoms with E-state index in [9.17, 15) is 5.11 Å². The van der Waals surface area contributed by atoms with Crippen LogP contribution >= 0.6 is 23.5 Å². The molecule has 5 heteroatoms. The molecule has 0 aromatic rings. The van der Waals surface area contributed by atoms with Crippen molar-refractivity contribution in [1.82, 2.24) is 0 Å². The molecule has 1 N–H and O–H groups in total. The summed E-state index contributed by atoms with van der Waals surface area (Å²) in [6, 6.07) is 0. The van der Waals surface area contributed by atoms with Crippen LogP contribution in [-0.2, 0) is 4.43 Å². The van der Waals surface area contributed by atoms with E-state index in [0.29, 0.717) is 4.58 Å². The molecule has 0 amide bonds. The van der Waals surface area contributed by atoms with Crippen LogP contribution in [0.25, 0.3) is 0 Å². The molecule has 2 atom stereocenters. The van der Waals surface area contributed by atoms with Gasteiger partial charge in [-0.1, -0.05) is 26.8 Å². The Bertz CT molecular complexity index is 309. The molecule has 118 valence electrons. The molecule has 0 unspecified atom stereocenters. The number of hydrogen-bond acceptors (Lipinski definition) is 4. The highest BCUT2D eigenvalue weighted by atomic mass is 32.2. The van der Waals surface area contributed by atoms with E-state index in [2.05, 4.69) is 40.4 Å². The van der Waals surface area contributed by atoms with E-state index in [1.165, 1.54) is 17.9 Å². The maximum absolute atomic E-state index is 9.82. The van der Waals surface area contributed by atoms with Gasteiger partial charge in [0.15, 0.2) is 8.32 Å². The maximum atomic E-state index is 9.82. The standard InChI is InChI=1S/C15H30O2S2Si/c1-7-12(14-18-9-8-10-19-14)13(11-16)17-20(5,6)15(2,3)4/h7,12-14,16H,1,8-11H2,2-6H3/t12-,13+/m1/s1. The van der Waals surface area contributed by atoms with Gasteiger partial charge in [0.05, 0.1) is 17.3 Å². The Labute approximate surface area is 134 Å². The van der Waals surface area contributed by atoms with Crippen molar-refractivity contribution >= 4 is 31.8 Å². The van der Waals surface area contributed by atoms with Crippen LogP contribution in [0.1, 0.15) is 27.2 Å². The van der Waals surface area contributed by atoms with E-state index in [0.717, 1.165) is 0 Å². The van der Waals surface area contributed by atoms with E-state index in [1.54, 1.807) is 0 Å². The van der Waals surface area contributed by atoms with Gasteiger partial charge in [-0.05, 0) is 36.1 Å². The van der Waals surface area contributed by atoms with E-state index in [1.807, 2.05) is 29.6 Å². The molecule has 0 aromatic heterocycles. The van der Waals surface area contributed by atoms with Gasteiger partial charge in [-0.3, -0.25) is 0 Å². The fourth-order valence-electron chi connectivity index (χ4n) is 1.96. The SMILES string of the molecule is C=C[C@@H](C1SCCCS1)[C@H](CO)O[Si](C)(C)C(C)(C)C. The average Bonchev–Trinajstić information content (AvgIpc) is 2.38. The Morgan fingerprint density at radius 3 is 2.30 bits per heavy atom. The summed E-state index contributed by atoms with van der Waals surface area (Å²) < 4.78 is 6.92. The van der Waals surface area contributed by atoms with Crippen LogP contribution in [0, 0.1) is 5.92 Å². The van der Waals surface area contributed by atoms with Crippen LogP contribution in [0.5, 0.6) is 0 Å². The Balaban J connectivity index is 2.79. The molecule has 0 radical (unpaired) electrons. The van der Waals surface area contributed by atoms with Gasteiger partial charge in [0.2, 0.25) is 0 Å². The monoisotopic (exact) mass is 334 g/mol. The molecule has 1 fully saturated rings. The lowest BCUT2D eigenvalue weighted by atomic mass is 10.1. The van der Waals surface area contributed by atoms with Crippen molar-refractivity contribution in [2.45, 2.75) is 56.0 Å². The van der Waals surface area contributed by atoms with Gasteiger partial charge in [0, 0.05) is 5.92 Å². The first kappa shape index (κ1) is 18.6. The summed E-state index contributed by atoms with van der Waals surface area (Å²) in [5, 5.41) is 9.98. The van der Waals surface area contributed by atoms with E-state index in [4.69, 9.17) is 4.43 Å². The largest absolute Gasteiger partial charge is 0.411 e. The van der Waals surface area contributed by atoms with Gasteiger partial charge >= 0.3 is 0 Å². The average molecular weight is 335 g/mol. The molecule has 2 nitrogen and oxygen atoms in total. The molecule has 0 saturated carbocycles. The molecule has 1 saturated heterocycles. The highest BCUT2D eigenvalue weighted by molar-refractivity contribution is 8.17. The van der Waals surface area contributed by atoms with Crippen LogP contribution in [-0.4, -0.2) is 42.2 Å². The van der Waals surface area contributed by atoms with Crippen molar-refractivity contribution in [2.24, 2.45) is 5.92 Å². The Morgan fingerprint density at radius 1 is 1.35 bits per heavy atom. The van der Waals surface area contributed by atoms with Crippen LogP contribution in [0.4, 0.5) is 0 Å². The molecular weight excluding hydrogens is 304 g/mol. The second-order valence-corrected chi connectivity index (χ2v) is 14.4. The smallest absolute Gasteiger partial charge is 0.192 e. The minimum Gasteiger partial charge on any atom is -0.411 e. The zero-order valence-electron chi connectivity index (χ0n) is 13.5. The van der Waals surface area contributed by atoms with Gasteiger partial charge in [0.25, 0.3) is 0 Å². The Hall–Kier alpha value is 0.577. The van der Waals surface area contributed by atoms with Crippen molar-refractivity contribution in [3.8, 4) is 0 Å². The van der Waals surface area contributed by atoms with Gasteiger partial charge in [-0.2, -0.15) is 0 Å². The van der Waals surface area contributed by atoms with Crippen molar-refractivity contribution in [2.75, 3.05) is 18.1 Å². The third kappa shape index (κ3) is 4.80. The van der Waals surface area contributed by atoms with Crippen molar-refractivity contribution in [1.29, 1.82) is 0 Å². The first-order chi connectivity index (χ1) is 9.23. The van der Waals surface area contributed by atoms with Crippen molar-refractivity contribution in [3.05, 3.63) is 12.7 Å². The van der Waals surface area contributed by atoms with E-state index >= 15 is 0 Å². The van der Waals surface area contributed by atoms with Gasteiger partial charge < -0.3 is 9.53 Å². The molecule has 1 aliphatic rings. The first-order valence-electron chi connectivity index (χ1n) is 7.37. The summed E-state index contributed by atoms with van der Waals surface area (Å²) in [7, 11) is -1.86. The summed E-state index contributed by atoms with van der Waals surface area (Å²) >= 11 is 3.98. The van der Waals surface area contributed by atoms with Crippen LogP contribution in [0.15, 0.2) is 12.7 Å². The number of aliphatic hydroxyl groups excluding tert-OH is 1. The minimum atomic E-state index is -1.86. The summed E-state index contributed by atoms with van der Waals surface area (Å²) in [6.45, 7) is 15.3. The number of hydrogen-bond donors (Lipinski definition) is 1. The molecule has 1 rings (SSSR count). The summed E-state index contributed by atoms with van der Waals surface area (Å²) in [5.41, 5.74) is 0.